The summed E-state index contributed by atoms with van der Waals surface area (Å²) in [6, 6.07) is 9.94. The summed E-state index contributed by atoms with van der Waals surface area (Å²) in [5, 5.41) is 1.07. The molecule has 0 saturated heterocycles. The Morgan fingerprint density at radius 1 is 1.15 bits per heavy atom. The van der Waals surface area contributed by atoms with Crippen LogP contribution in [0.4, 0.5) is 4.39 Å². The highest BCUT2D eigenvalue weighted by Gasteiger charge is 2.14. The summed E-state index contributed by atoms with van der Waals surface area (Å²) in [6.45, 7) is 0. The summed E-state index contributed by atoms with van der Waals surface area (Å²) in [6.07, 6.45) is 0.548. The van der Waals surface area contributed by atoms with Gasteiger partial charge in [-0.15, -0.1) is 0 Å². The molecular weight excluding hydrogens is 413 g/mol. The predicted octanol–water partition coefficient (Wildman–Crippen LogP) is 4.48. The molecule has 0 saturated carbocycles. The Labute approximate surface area is 140 Å². The normalized spacial score (nSPS) is 12.4. The molecule has 0 heterocycles. The zero-order valence-electron chi connectivity index (χ0n) is 10.3. The first-order chi connectivity index (χ1) is 9.51. The lowest BCUT2D eigenvalue weighted by Gasteiger charge is -2.18. The van der Waals surface area contributed by atoms with Gasteiger partial charge in [0.1, 0.15) is 5.82 Å². The number of hydrogen-bond acceptors (Lipinski definition) is 2. The first-order valence-electron chi connectivity index (χ1n) is 5.86. The first-order valence-corrected chi connectivity index (χ1v) is 7.69. The highest BCUT2D eigenvalue weighted by molar-refractivity contribution is 14.1. The molecule has 6 heteroatoms. The number of hydrazine groups is 1. The summed E-state index contributed by atoms with van der Waals surface area (Å²) in [7, 11) is 0. The first kappa shape index (κ1) is 16.0. The number of benzene rings is 2. The lowest BCUT2D eigenvalue weighted by atomic mass is 9.99. The van der Waals surface area contributed by atoms with Crippen molar-refractivity contribution in [2.24, 2.45) is 5.84 Å². The van der Waals surface area contributed by atoms with Crippen LogP contribution in [0.3, 0.4) is 0 Å². The van der Waals surface area contributed by atoms with Gasteiger partial charge in [-0.1, -0.05) is 35.3 Å². The third kappa shape index (κ3) is 3.83. The molecule has 2 aromatic rings. The fraction of sp³-hybridized carbons (Fsp3) is 0.143. The topological polar surface area (TPSA) is 38.0 Å². The van der Waals surface area contributed by atoms with Gasteiger partial charge in [0.25, 0.3) is 0 Å². The van der Waals surface area contributed by atoms with Crippen molar-refractivity contribution in [3.05, 3.63) is 67.0 Å². The van der Waals surface area contributed by atoms with Gasteiger partial charge in [-0.2, -0.15) is 0 Å². The van der Waals surface area contributed by atoms with E-state index >= 15 is 0 Å². The van der Waals surface area contributed by atoms with E-state index in [9.17, 15) is 4.39 Å². The molecule has 0 bridgehead atoms. The van der Waals surface area contributed by atoms with Gasteiger partial charge in [-0.05, 0) is 64.4 Å². The molecule has 0 aliphatic carbocycles. The average molecular weight is 425 g/mol. The Kier molecular flexibility index (Phi) is 5.63. The molecule has 2 nitrogen and oxygen atoms in total. The Morgan fingerprint density at radius 2 is 1.90 bits per heavy atom. The van der Waals surface area contributed by atoms with Gasteiger partial charge in [0, 0.05) is 8.59 Å². The van der Waals surface area contributed by atoms with Crippen molar-refractivity contribution in [1.29, 1.82) is 0 Å². The van der Waals surface area contributed by atoms with Crippen LogP contribution in [0.25, 0.3) is 0 Å². The summed E-state index contributed by atoms with van der Waals surface area (Å²) in [5.41, 5.74) is 4.52. The van der Waals surface area contributed by atoms with E-state index in [1.165, 1.54) is 12.1 Å². The third-order valence-electron chi connectivity index (χ3n) is 2.99. The minimum absolute atomic E-state index is 0.146. The number of nitrogens with one attached hydrogen (secondary N) is 1. The van der Waals surface area contributed by atoms with Gasteiger partial charge in [-0.3, -0.25) is 11.3 Å². The van der Waals surface area contributed by atoms with Crippen LogP contribution in [0.15, 0.2) is 36.4 Å². The van der Waals surface area contributed by atoms with Crippen LogP contribution >= 0.6 is 45.8 Å². The minimum Gasteiger partial charge on any atom is -0.271 e. The fourth-order valence-corrected chi connectivity index (χ4v) is 2.68. The van der Waals surface area contributed by atoms with Crippen LogP contribution in [0.2, 0.25) is 10.0 Å². The van der Waals surface area contributed by atoms with Crippen molar-refractivity contribution < 1.29 is 4.39 Å². The van der Waals surface area contributed by atoms with Crippen molar-refractivity contribution in [1.82, 2.24) is 5.43 Å². The number of hydrogen-bond donors (Lipinski definition) is 2. The SMILES string of the molecule is NNC(Cc1ccc(F)cc1Cl)c1ccc(I)c(Cl)c1. The molecule has 1 atom stereocenters. The quantitative estimate of drug-likeness (QED) is 0.431. The number of halogens is 4. The smallest absolute Gasteiger partial charge is 0.124 e. The summed E-state index contributed by atoms with van der Waals surface area (Å²) in [4.78, 5) is 0. The van der Waals surface area contributed by atoms with Gasteiger partial charge in [0.05, 0.1) is 11.1 Å². The van der Waals surface area contributed by atoms with Crippen molar-refractivity contribution in [3.63, 3.8) is 0 Å². The van der Waals surface area contributed by atoms with E-state index < -0.39 is 0 Å². The molecule has 2 rings (SSSR count). The summed E-state index contributed by atoms with van der Waals surface area (Å²) >= 11 is 14.3. The molecule has 0 aliphatic heterocycles. The molecule has 0 fully saturated rings. The Bertz CT molecular complexity index is 622. The maximum atomic E-state index is 13.0. The van der Waals surface area contributed by atoms with Crippen LogP contribution in [0.1, 0.15) is 17.2 Å². The predicted molar refractivity (Wildman–Crippen MR) is 89.3 cm³/mol. The highest BCUT2D eigenvalue weighted by Crippen LogP contribution is 2.27. The molecule has 2 aromatic carbocycles. The van der Waals surface area contributed by atoms with Gasteiger partial charge >= 0.3 is 0 Å². The van der Waals surface area contributed by atoms with Crippen LogP contribution in [0.5, 0.6) is 0 Å². The molecule has 0 amide bonds. The van der Waals surface area contributed by atoms with E-state index in [0.717, 1.165) is 14.7 Å². The van der Waals surface area contributed by atoms with Gasteiger partial charge < -0.3 is 0 Å². The molecular formula is C14H12Cl2FIN2. The maximum Gasteiger partial charge on any atom is 0.124 e. The molecule has 20 heavy (non-hydrogen) atoms. The lowest BCUT2D eigenvalue weighted by molar-refractivity contribution is 0.551. The zero-order valence-corrected chi connectivity index (χ0v) is 14.0. The van der Waals surface area contributed by atoms with Crippen molar-refractivity contribution in [2.75, 3.05) is 0 Å². The van der Waals surface area contributed by atoms with Crippen LogP contribution in [-0.2, 0) is 6.42 Å². The van der Waals surface area contributed by atoms with E-state index in [0.29, 0.717) is 16.5 Å². The van der Waals surface area contributed by atoms with E-state index in [4.69, 9.17) is 29.0 Å². The Morgan fingerprint density at radius 3 is 2.50 bits per heavy atom. The van der Waals surface area contributed by atoms with Gasteiger partial charge in [-0.25, -0.2) is 4.39 Å². The second-order valence-corrected chi connectivity index (χ2v) is 6.31. The molecule has 0 aliphatic rings. The van der Waals surface area contributed by atoms with Crippen molar-refractivity contribution in [2.45, 2.75) is 12.5 Å². The zero-order chi connectivity index (χ0) is 14.7. The molecule has 0 aromatic heterocycles. The van der Waals surface area contributed by atoms with E-state index in [-0.39, 0.29) is 11.9 Å². The summed E-state index contributed by atoms with van der Waals surface area (Å²) in [5.74, 6) is 5.26. The second-order valence-electron chi connectivity index (χ2n) is 4.33. The van der Waals surface area contributed by atoms with E-state index in [1.807, 2.05) is 18.2 Å². The van der Waals surface area contributed by atoms with Crippen LogP contribution < -0.4 is 11.3 Å². The number of nitrogens with two attached hydrogens (primary N) is 1. The Balaban J connectivity index is 2.26. The molecule has 3 N–H and O–H groups in total. The van der Waals surface area contributed by atoms with Crippen molar-refractivity contribution in [3.8, 4) is 0 Å². The minimum atomic E-state index is -0.353. The van der Waals surface area contributed by atoms with Crippen molar-refractivity contribution >= 4 is 45.8 Å². The second kappa shape index (κ2) is 7.04. The monoisotopic (exact) mass is 424 g/mol. The highest BCUT2D eigenvalue weighted by atomic mass is 127. The molecule has 0 radical (unpaired) electrons. The standard InChI is InChI=1S/C14H12Cl2FIN2/c15-11-7-10(17)3-1-8(11)6-14(20-19)9-2-4-13(18)12(16)5-9/h1-5,7,14,20H,6,19H2. The van der Waals surface area contributed by atoms with Crippen LogP contribution in [0, 0.1) is 9.39 Å². The van der Waals surface area contributed by atoms with Gasteiger partial charge in [0.15, 0.2) is 0 Å². The largest absolute Gasteiger partial charge is 0.271 e. The summed E-state index contributed by atoms with van der Waals surface area (Å²) < 4.78 is 14.0. The van der Waals surface area contributed by atoms with E-state index in [1.54, 1.807) is 6.07 Å². The molecule has 106 valence electrons. The molecule has 0 spiro atoms. The van der Waals surface area contributed by atoms with Gasteiger partial charge in [0.2, 0.25) is 0 Å². The Hall–Kier alpha value is -0.400. The van der Waals surface area contributed by atoms with Crippen LogP contribution in [-0.4, -0.2) is 0 Å². The maximum absolute atomic E-state index is 13.0. The average Bonchev–Trinajstić information content (AvgIpc) is 2.41. The molecule has 1 unspecified atom stereocenters. The van der Waals surface area contributed by atoms with E-state index in [2.05, 4.69) is 28.0 Å². The number of rotatable bonds is 4. The third-order valence-corrected chi connectivity index (χ3v) is 4.91. The lowest BCUT2D eigenvalue weighted by Crippen LogP contribution is -2.29. The fourth-order valence-electron chi connectivity index (χ4n) is 1.91.